The maximum atomic E-state index is 13.3. The van der Waals surface area contributed by atoms with Crippen LogP contribution >= 0.6 is 11.6 Å². The van der Waals surface area contributed by atoms with Gasteiger partial charge in [-0.25, -0.2) is 13.4 Å². The van der Waals surface area contributed by atoms with Crippen LogP contribution in [0.3, 0.4) is 0 Å². The lowest BCUT2D eigenvalue weighted by atomic mass is 10.0. The molecule has 0 aliphatic carbocycles. The van der Waals surface area contributed by atoms with E-state index in [9.17, 15) is 8.42 Å². The van der Waals surface area contributed by atoms with Crippen LogP contribution in [0.4, 0.5) is 0 Å². The first-order valence-electron chi connectivity index (χ1n) is 10.3. The van der Waals surface area contributed by atoms with Gasteiger partial charge in [0.05, 0.1) is 12.0 Å². The summed E-state index contributed by atoms with van der Waals surface area (Å²) in [6, 6.07) is 19.3. The molecule has 1 unspecified atom stereocenters. The smallest absolute Gasteiger partial charge is 0.243 e. The zero-order valence-corrected chi connectivity index (χ0v) is 18.9. The van der Waals surface area contributed by atoms with Gasteiger partial charge in [-0.2, -0.15) is 4.31 Å². The minimum atomic E-state index is -3.69. The molecule has 0 saturated carbocycles. The first kappa shape index (κ1) is 21.0. The van der Waals surface area contributed by atoms with Gasteiger partial charge in [0.1, 0.15) is 17.3 Å². The van der Waals surface area contributed by atoms with Crippen molar-refractivity contribution in [3.63, 3.8) is 0 Å². The van der Waals surface area contributed by atoms with E-state index in [1.807, 2.05) is 42.5 Å². The summed E-state index contributed by atoms with van der Waals surface area (Å²) < 4.78 is 39.5. The van der Waals surface area contributed by atoms with E-state index in [2.05, 4.69) is 4.98 Å². The standard InChI is InChI=1S/C24H21ClN2O4S/c1-30-22-7-3-2-5-19(22)16-8-13-23-20(15-16)26-24(31-23)21-6-4-14-27(21)32(28,29)18-11-9-17(25)10-12-18/h2-3,5,7-13,15,21H,4,6,14H2,1H3. The largest absolute Gasteiger partial charge is 0.496 e. The molecule has 1 atom stereocenters. The zero-order valence-electron chi connectivity index (χ0n) is 17.4. The average molecular weight is 469 g/mol. The van der Waals surface area contributed by atoms with Gasteiger partial charge in [-0.15, -0.1) is 0 Å². The average Bonchev–Trinajstić information content (AvgIpc) is 3.46. The van der Waals surface area contributed by atoms with Crippen LogP contribution in [0.1, 0.15) is 24.8 Å². The minimum absolute atomic E-state index is 0.211. The normalized spacial score (nSPS) is 17.1. The third-order valence-corrected chi connectivity index (χ3v) is 7.91. The molecule has 0 N–H and O–H groups in total. The van der Waals surface area contributed by atoms with Crippen molar-refractivity contribution in [3.8, 4) is 16.9 Å². The van der Waals surface area contributed by atoms with Gasteiger partial charge in [-0.3, -0.25) is 0 Å². The second kappa shape index (κ2) is 8.24. The summed E-state index contributed by atoms with van der Waals surface area (Å²) >= 11 is 5.93. The maximum absolute atomic E-state index is 13.3. The Bertz CT molecular complexity index is 1380. The highest BCUT2D eigenvalue weighted by Crippen LogP contribution is 2.38. The van der Waals surface area contributed by atoms with E-state index in [1.54, 1.807) is 19.2 Å². The van der Waals surface area contributed by atoms with Gasteiger partial charge < -0.3 is 9.15 Å². The van der Waals surface area contributed by atoms with Crippen LogP contribution in [0.15, 0.2) is 76.0 Å². The predicted octanol–water partition coefficient (Wildman–Crippen LogP) is 5.68. The van der Waals surface area contributed by atoms with E-state index in [0.717, 1.165) is 23.3 Å². The van der Waals surface area contributed by atoms with Crippen molar-refractivity contribution >= 4 is 32.7 Å². The number of rotatable bonds is 5. The molecule has 5 rings (SSSR count). The van der Waals surface area contributed by atoms with Crippen molar-refractivity contribution in [2.75, 3.05) is 13.7 Å². The van der Waals surface area contributed by atoms with Gasteiger partial charge in [0, 0.05) is 17.1 Å². The Morgan fingerprint density at radius 3 is 2.66 bits per heavy atom. The Hall–Kier alpha value is -2.87. The van der Waals surface area contributed by atoms with E-state index < -0.39 is 16.1 Å². The third kappa shape index (κ3) is 3.66. The van der Waals surface area contributed by atoms with Crippen LogP contribution < -0.4 is 4.74 Å². The SMILES string of the molecule is COc1ccccc1-c1ccc2oc(C3CCCN3S(=O)(=O)c3ccc(Cl)cc3)nc2c1. The molecule has 1 aliphatic heterocycles. The molecular weight excluding hydrogens is 448 g/mol. The maximum Gasteiger partial charge on any atom is 0.243 e. The van der Waals surface area contributed by atoms with Gasteiger partial charge in [-0.05, 0) is 60.9 Å². The van der Waals surface area contributed by atoms with Crippen molar-refractivity contribution in [1.29, 1.82) is 0 Å². The lowest BCUT2D eigenvalue weighted by Crippen LogP contribution is -2.30. The number of hydrogen-bond donors (Lipinski definition) is 0. The molecule has 1 aromatic heterocycles. The number of para-hydroxylation sites is 1. The van der Waals surface area contributed by atoms with Crippen molar-refractivity contribution in [2.45, 2.75) is 23.8 Å². The second-order valence-electron chi connectivity index (χ2n) is 7.66. The molecule has 4 aromatic rings. The summed E-state index contributed by atoms with van der Waals surface area (Å²) in [5, 5.41) is 0.492. The van der Waals surface area contributed by atoms with Crippen LogP contribution in [-0.4, -0.2) is 31.4 Å². The topological polar surface area (TPSA) is 72.6 Å². The molecule has 6 nitrogen and oxygen atoms in total. The highest BCUT2D eigenvalue weighted by Gasteiger charge is 2.39. The number of methoxy groups -OCH3 is 1. The van der Waals surface area contributed by atoms with Crippen LogP contribution in [0.25, 0.3) is 22.2 Å². The second-order valence-corrected chi connectivity index (χ2v) is 9.99. The van der Waals surface area contributed by atoms with Gasteiger partial charge in [0.15, 0.2) is 5.58 Å². The number of hydrogen-bond acceptors (Lipinski definition) is 5. The molecule has 2 heterocycles. The fourth-order valence-corrected chi connectivity index (χ4v) is 5.93. The molecule has 32 heavy (non-hydrogen) atoms. The summed E-state index contributed by atoms with van der Waals surface area (Å²) in [5.74, 6) is 1.18. The summed E-state index contributed by atoms with van der Waals surface area (Å²) in [7, 11) is -2.05. The Morgan fingerprint density at radius 1 is 1.09 bits per heavy atom. The molecule has 3 aromatic carbocycles. The molecule has 1 aliphatic rings. The third-order valence-electron chi connectivity index (χ3n) is 5.73. The van der Waals surface area contributed by atoms with E-state index in [1.165, 1.54) is 16.4 Å². The number of nitrogens with zero attached hydrogens (tertiary/aromatic N) is 2. The fraction of sp³-hybridized carbons (Fsp3) is 0.208. The summed E-state index contributed by atoms with van der Waals surface area (Å²) in [6.45, 7) is 0.417. The van der Waals surface area contributed by atoms with Crippen LogP contribution in [-0.2, 0) is 10.0 Å². The van der Waals surface area contributed by atoms with E-state index >= 15 is 0 Å². The summed E-state index contributed by atoms with van der Waals surface area (Å²) in [4.78, 5) is 4.88. The van der Waals surface area contributed by atoms with Gasteiger partial charge in [0.2, 0.25) is 15.9 Å². The van der Waals surface area contributed by atoms with E-state index in [-0.39, 0.29) is 4.90 Å². The van der Waals surface area contributed by atoms with Gasteiger partial charge in [-0.1, -0.05) is 35.9 Å². The Labute approximate surface area is 191 Å². The van der Waals surface area contributed by atoms with Gasteiger partial charge in [0.25, 0.3) is 0 Å². The number of aromatic nitrogens is 1. The highest BCUT2D eigenvalue weighted by molar-refractivity contribution is 7.89. The van der Waals surface area contributed by atoms with Crippen molar-refractivity contribution < 1.29 is 17.6 Å². The molecule has 0 amide bonds. The van der Waals surface area contributed by atoms with Gasteiger partial charge >= 0.3 is 0 Å². The molecule has 0 bridgehead atoms. The minimum Gasteiger partial charge on any atom is -0.496 e. The summed E-state index contributed by atoms with van der Waals surface area (Å²) in [6.07, 6.45) is 1.39. The highest BCUT2D eigenvalue weighted by atomic mass is 35.5. The molecule has 1 fully saturated rings. The molecule has 1 saturated heterocycles. The predicted molar refractivity (Wildman–Crippen MR) is 123 cm³/mol. The van der Waals surface area contributed by atoms with Crippen LogP contribution in [0.2, 0.25) is 5.02 Å². The van der Waals surface area contributed by atoms with Crippen LogP contribution in [0.5, 0.6) is 5.75 Å². The molecule has 0 radical (unpaired) electrons. The number of halogens is 1. The monoisotopic (exact) mass is 468 g/mol. The number of ether oxygens (including phenoxy) is 1. The lowest BCUT2D eigenvalue weighted by molar-refractivity contribution is 0.337. The Balaban J connectivity index is 1.51. The quantitative estimate of drug-likeness (QED) is 0.376. The first-order chi connectivity index (χ1) is 15.5. The summed E-state index contributed by atoms with van der Waals surface area (Å²) in [5.41, 5.74) is 3.20. The first-order valence-corrected chi connectivity index (χ1v) is 12.1. The number of fused-ring (bicyclic) bond motifs is 1. The van der Waals surface area contributed by atoms with E-state index in [0.29, 0.717) is 35.0 Å². The van der Waals surface area contributed by atoms with Crippen molar-refractivity contribution in [2.24, 2.45) is 0 Å². The molecule has 164 valence electrons. The van der Waals surface area contributed by atoms with Crippen LogP contribution in [0, 0.1) is 0 Å². The fourth-order valence-electron chi connectivity index (χ4n) is 4.16. The Kier molecular flexibility index (Phi) is 5.41. The lowest BCUT2D eigenvalue weighted by Gasteiger charge is -2.21. The zero-order chi connectivity index (χ0) is 22.3. The van der Waals surface area contributed by atoms with E-state index in [4.69, 9.17) is 20.8 Å². The molecule has 8 heteroatoms. The molecule has 0 spiro atoms. The van der Waals surface area contributed by atoms with Crippen molar-refractivity contribution in [1.82, 2.24) is 9.29 Å². The number of benzene rings is 3. The Morgan fingerprint density at radius 2 is 1.88 bits per heavy atom. The van der Waals surface area contributed by atoms with Crippen molar-refractivity contribution in [3.05, 3.63) is 77.6 Å². The number of sulfonamides is 1. The molecular formula is C24H21ClN2O4S. The number of oxazole rings is 1.